The number of benzene rings is 1. The Morgan fingerprint density at radius 3 is 2.50 bits per heavy atom. The van der Waals surface area contributed by atoms with E-state index in [2.05, 4.69) is 42.8 Å². The number of H-pyrrole nitrogens is 1. The molecule has 3 atom stereocenters. The number of aliphatic hydroxyl groups excluding tert-OH is 1. The van der Waals surface area contributed by atoms with Crippen LogP contribution >= 0.6 is 0 Å². The molecule has 0 fully saturated rings. The molecule has 20 heavy (non-hydrogen) atoms. The van der Waals surface area contributed by atoms with E-state index >= 15 is 0 Å². The van der Waals surface area contributed by atoms with E-state index in [0.717, 1.165) is 23.0 Å². The lowest BCUT2D eigenvalue weighted by Crippen LogP contribution is -2.43. The standard InChI is InChI=1S/C15H20N2O.C2H6/c1-4-17-9(2)14-13(15(18)10(17)3)11-7-5-6-8-12(11)16-14;1-2/h5-10,15-16,18H,4H2,1-3H3;1-2H3. The van der Waals surface area contributed by atoms with Crippen molar-refractivity contribution in [2.75, 3.05) is 6.54 Å². The Kier molecular flexibility index (Phi) is 4.51. The van der Waals surface area contributed by atoms with E-state index in [1.54, 1.807) is 0 Å². The first-order valence-electron chi connectivity index (χ1n) is 7.69. The summed E-state index contributed by atoms with van der Waals surface area (Å²) in [4.78, 5) is 5.82. The van der Waals surface area contributed by atoms with Crippen molar-refractivity contribution < 1.29 is 5.11 Å². The number of fused-ring (bicyclic) bond motifs is 3. The summed E-state index contributed by atoms with van der Waals surface area (Å²) in [5.41, 5.74) is 3.39. The zero-order chi connectivity index (χ0) is 14.9. The van der Waals surface area contributed by atoms with Crippen molar-refractivity contribution in [1.29, 1.82) is 0 Å². The monoisotopic (exact) mass is 274 g/mol. The van der Waals surface area contributed by atoms with Gasteiger partial charge in [0.2, 0.25) is 0 Å². The van der Waals surface area contributed by atoms with Crippen molar-refractivity contribution in [3.63, 3.8) is 0 Å². The fraction of sp³-hybridized carbons (Fsp3) is 0.529. The van der Waals surface area contributed by atoms with Crippen molar-refractivity contribution >= 4 is 10.9 Å². The van der Waals surface area contributed by atoms with Crippen LogP contribution < -0.4 is 0 Å². The third-order valence-corrected chi connectivity index (χ3v) is 4.33. The number of hydrogen-bond acceptors (Lipinski definition) is 2. The van der Waals surface area contributed by atoms with Crippen molar-refractivity contribution in [2.24, 2.45) is 0 Å². The van der Waals surface area contributed by atoms with Crippen molar-refractivity contribution in [2.45, 2.75) is 52.8 Å². The summed E-state index contributed by atoms with van der Waals surface area (Å²) in [6, 6.07) is 8.73. The molecule has 0 bridgehead atoms. The Labute approximate surface area is 121 Å². The van der Waals surface area contributed by atoms with E-state index in [1.165, 1.54) is 5.69 Å². The lowest BCUT2D eigenvalue weighted by molar-refractivity contribution is 0.0210. The zero-order valence-corrected chi connectivity index (χ0v) is 13.1. The molecule has 0 aliphatic carbocycles. The van der Waals surface area contributed by atoms with E-state index < -0.39 is 6.10 Å². The number of nitrogens with one attached hydrogen (secondary N) is 1. The topological polar surface area (TPSA) is 39.3 Å². The number of nitrogens with zero attached hydrogens (tertiary/aromatic N) is 1. The van der Waals surface area contributed by atoms with Gasteiger partial charge in [-0.1, -0.05) is 39.0 Å². The molecule has 0 radical (unpaired) electrons. The van der Waals surface area contributed by atoms with E-state index in [-0.39, 0.29) is 6.04 Å². The van der Waals surface area contributed by atoms with Gasteiger partial charge in [0.1, 0.15) is 0 Å². The van der Waals surface area contributed by atoms with Gasteiger partial charge >= 0.3 is 0 Å². The minimum atomic E-state index is -0.410. The highest BCUT2D eigenvalue weighted by atomic mass is 16.3. The summed E-state index contributed by atoms with van der Waals surface area (Å²) in [7, 11) is 0. The predicted octanol–water partition coefficient (Wildman–Crippen LogP) is 4.01. The molecule has 2 aromatic rings. The summed E-state index contributed by atoms with van der Waals surface area (Å²) in [6.07, 6.45) is -0.410. The molecule has 110 valence electrons. The highest BCUT2D eigenvalue weighted by Crippen LogP contribution is 2.41. The fourth-order valence-electron chi connectivity index (χ4n) is 3.34. The fourth-order valence-corrected chi connectivity index (χ4v) is 3.34. The molecule has 1 aromatic carbocycles. The minimum Gasteiger partial charge on any atom is -0.387 e. The summed E-state index contributed by atoms with van der Waals surface area (Å²) in [5, 5.41) is 11.7. The van der Waals surface area contributed by atoms with Gasteiger partial charge in [-0.15, -0.1) is 0 Å². The van der Waals surface area contributed by atoms with Crippen LogP contribution in [0.15, 0.2) is 24.3 Å². The molecule has 3 heteroatoms. The number of aromatic nitrogens is 1. The summed E-state index contributed by atoms with van der Waals surface area (Å²) in [5.74, 6) is 0. The van der Waals surface area contributed by atoms with Gasteiger partial charge in [0.15, 0.2) is 0 Å². The maximum absolute atomic E-state index is 10.6. The molecule has 0 saturated carbocycles. The lowest BCUT2D eigenvalue weighted by Gasteiger charge is -2.41. The third-order valence-electron chi connectivity index (χ3n) is 4.33. The molecule has 0 saturated heterocycles. The van der Waals surface area contributed by atoms with Crippen LogP contribution in [-0.4, -0.2) is 27.6 Å². The Morgan fingerprint density at radius 1 is 1.20 bits per heavy atom. The van der Waals surface area contributed by atoms with Crippen molar-refractivity contribution in [3.8, 4) is 0 Å². The van der Waals surface area contributed by atoms with E-state index in [9.17, 15) is 5.11 Å². The van der Waals surface area contributed by atoms with Crippen molar-refractivity contribution in [1.82, 2.24) is 9.88 Å². The highest BCUT2D eigenvalue weighted by molar-refractivity contribution is 5.85. The first-order valence-corrected chi connectivity index (χ1v) is 7.69. The van der Waals surface area contributed by atoms with E-state index in [1.807, 2.05) is 26.0 Å². The molecule has 2 N–H and O–H groups in total. The smallest absolute Gasteiger partial charge is 0.0966 e. The van der Waals surface area contributed by atoms with Crippen LogP contribution in [0.25, 0.3) is 10.9 Å². The summed E-state index contributed by atoms with van der Waals surface area (Å²) >= 11 is 0. The van der Waals surface area contributed by atoms with Crippen molar-refractivity contribution in [3.05, 3.63) is 35.5 Å². The maximum atomic E-state index is 10.6. The van der Waals surface area contributed by atoms with Crippen LogP contribution in [0.1, 0.15) is 58.0 Å². The average molecular weight is 274 g/mol. The quantitative estimate of drug-likeness (QED) is 0.824. The number of aromatic amines is 1. The number of hydrogen-bond donors (Lipinski definition) is 2. The second-order valence-corrected chi connectivity index (χ2v) is 5.19. The lowest BCUT2D eigenvalue weighted by atomic mass is 9.90. The SMILES string of the molecule is CC.CCN1C(C)c2[nH]c3ccccc3c2C(O)C1C. The average Bonchev–Trinajstić information content (AvgIpc) is 2.87. The van der Waals surface area contributed by atoms with Crippen LogP contribution in [0, 0.1) is 0 Å². The molecule has 2 heterocycles. The predicted molar refractivity (Wildman–Crippen MR) is 84.9 cm³/mol. The Hall–Kier alpha value is -1.32. The number of aliphatic hydroxyl groups is 1. The molecule has 1 aliphatic heterocycles. The van der Waals surface area contributed by atoms with Gasteiger partial charge in [-0.05, 0) is 26.5 Å². The van der Waals surface area contributed by atoms with Gasteiger partial charge < -0.3 is 10.1 Å². The maximum Gasteiger partial charge on any atom is 0.0966 e. The van der Waals surface area contributed by atoms with Gasteiger partial charge in [-0.2, -0.15) is 0 Å². The number of para-hydroxylation sites is 1. The second kappa shape index (κ2) is 5.98. The van der Waals surface area contributed by atoms with Gasteiger partial charge in [0.05, 0.1) is 6.10 Å². The van der Waals surface area contributed by atoms with Crippen LogP contribution in [0.4, 0.5) is 0 Å². The first-order chi connectivity index (χ1) is 9.65. The minimum absolute atomic E-state index is 0.164. The van der Waals surface area contributed by atoms with E-state index in [4.69, 9.17) is 0 Å². The Morgan fingerprint density at radius 2 is 1.85 bits per heavy atom. The zero-order valence-electron chi connectivity index (χ0n) is 13.1. The summed E-state index contributed by atoms with van der Waals surface area (Å²) in [6.45, 7) is 11.4. The number of likely N-dealkylation sites (N-methyl/N-ethyl adjacent to an activating group) is 1. The summed E-state index contributed by atoms with van der Waals surface area (Å²) < 4.78 is 0. The highest BCUT2D eigenvalue weighted by Gasteiger charge is 2.37. The molecule has 0 amide bonds. The van der Waals surface area contributed by atoms with Gasteiger partial charge in [0.25, 0.3) is 0 Å². The first kappa shape index (κ1) is 15.1. The number of rotatable bonds is 1. The van der Waals surface area contributed by atoms with Gasteiger partial charge in [-0.3, -0.25) is 4.90 Å². The molecule has 1 aromatic heterocycles. The normalized spacial score (nSPS) is 26.0. The molecular weight excluding hydrogens is 248 g/mol. The van der Waals surface area contributed by atoms with Crippen LogP contribution in [-0.2, 0) is 0 Å². The largest absolute Gasteiger partial charge is 0.387 e. The second-order valence-electron chi connectivity index (χ2n) is 5.19. The molecule has 3 unspecified atom stereocenters. The van der Waals surface area contributed by atoms with Crippen LogP contribution in [0.2, 0.25) is 0 Å². The Bertz CT molecular complexity index is 575. The molecule has 3 rings (SSSR count). The molecule has 3 nitrogen and oxygen atoms in total. The molecule has 0 spiro atoms. The van der Waals surface area contributed by atoms with Gasteiger partial charge in [-0.25, -0.2) is 0 Å². The van der Waals surface area contributed by atoms with Crippen LogP contribution in [0.3, 0.4) is 0 Å². The van der Waals surface area contributed by atoms with Crippen LogP contribution in [0.5, 0.6) is 0 Å². The van der Waals surface area contributed by atoms with E-state index in [0.29, 0.717) is 6.04 Å². The van der Waals surface area contributed by atoms with Gasteiger partial charge in [0, 0.05) is 34.2 Å². The third kappa shape index (κ3) is 2.15. The molecule has 1 aliphatic rings. The molecular formula is C17H26N2O. The Balaban J connectivity index is 0.000000704.